The molecule has 0 aliphatic carbocycles. The number of aliphatic hydroxyl groups excluding tert-OH is 1. The summed E-state index contributed by atoms with van der Waals surface area (Å²) in [5.41, 5.74) is 7.43. The van der Waals surface area contributed by atoms with E-state index < -0.39 is 6.10 Å². The molecule has 1 atom stereocenters. The standard InChI is InChI=1S/C19H19N5O2S/c20-10-12-2-1-3-13(8-12)18-22-17(21)14-9-16(27-19(14)23-18)15(25)11-24-4-6-26-7-5-24/h1-3,8-9,15,25H,4-7,11H2,(H2,21,22,23). The van der Waals surface area contributed by atoms with Gasteiger partial charge in [-0.05, 0) is 18.2 Å². The second kappa shape index (κ2) is 7.58. The van der Waals surface area contributed by atoms with E-state index in [4.69, 9.17) is 15.7 Å². The van der Waals surface area contributed by atoms with Crippen LogP contribution in [0.2, 0.25) is 0 Å². The van der Waals surface area contributed by atoms with Crippen LogP contribution < -0.4 is 5.73 Å². The van der Waals surface area contributed by atoms with Crippen LogP contribution in [0.3, 0.4) is 0 Å². The first-order valence-corrected chi connectivity index (χ1v) is 9.51. The number of fused-ring (bicyclic) bond motifs is 1. The van der Waals surface area contributed by atoms with Gasteiger partial charge in [0.1, 0.15) is 16.8 Å². The first kappa shape index (κ1) is 17.8. The molecule has 8 heteroatoms. The van der Waals surface area contributed by atoms with Crippen LogP contribution in [0.4, 0.5) is 5.82 Å². The van der Waals surface area contributed by atoms with Crippen molar-refractivity contribution in [2.75, 3.05) is 38.6 Å². The van der Waals surface area contributed by atoms with Crippen molar-refractivity contribution in [1.29, 1.82) is 5.26 Å². The molecular weight excluding hydrogens is 362 g/mol. The van der Waals surface area contributed by atoms with Gasteiger partial charge in [0.05, 0.1) is 30.2 Å². The van der Waals surface area contributed by atoms with Crippen molar-refractivity contribution in [2.24, 2.45) is 0 Å². The Bertz CT molecular complexity index is 1010. The van der Waals surface area contributed by atoms with Crippen LogP contribution in [0.5, 0.6) is 0 Å². The number of nitrogen functional groups attached to an aromatic ring is 1. The van der Waals surface area contributed by atoms with Gasteiger partial charge in [0.25, 0.3) is 0 Å². The number of rotatable bonds is 4. The molecule has 3 N–H and O–H groups in total. The fourth-order valence-corrected chi connectivity index (χ4v) is 4.12. The van der Waals surface area contributed by atoms with Crippen molar-refractivity contribution in [2.45, 2.75) is 6.10 Å². The number of nitrogens with two attached hydrogens (primary N) is 1. The molecule has 0 saturated carbocycles. The van der Waals surface area contributed by atoms with Gasteiger partial charge in [0.2, 0.25) is 0 Å². The van der Waals surface area contributed by atoms with Gasteiger partial charge in [0.15, 0.2) is 5.82 Å². The number of β-amino-alcohol motifs (C(OH)–C–C–N with tert-alkyl or cyclic N) is 1. The van der Waals surface area contributed by atoms with E-state index in [0.717, 1.165) is 33.7 Å². The van der Waals surface area contributed by atoms with Crippen LogP contribution >= 0.6 is 11.3 Å². The minimum atomic E-state index is -0.605. The lowest BCUT2D eigenvalue weighted by Crippen LogP contribution is -2.38. The molecule has 1 aromatic carbocycles. The molecule has 1 unspecified atom stereocenters. The van der Waals surface area contributed by atoms with E-state index in [0.29, 0.717) is 37.0 Å². The van der Waals surface area contributed by atoms with Crippen LogP contribution in [-0.4, -0.2) is 52.8 Å². The number of nitriles is 1. The fraction of sp³-hybridized carbons (Fsp3) is 0.316. The molecule has 7 nitrogen and oxygen atoms in total. The number of thiophene rings is 1. The van der Waals surface area contributed by atoms with Crippen molar-refractivity contribution >= 4 is 27.4 Å². The minimum Gasteiger partial charge on any atom is -0.386 e. The van der Waals surface area contributed by atoms with Gasteiger partial charge < -0.3 is 15.6 Å². The molecule has 1 aliphatic heterocycles. The monoisotopic (exact) mass is 381 g/mol. The van der Waals surface area contributed by atoms with E-state index in [1.807, 2.05) is 12.1 Å². The first-order valence-electron chi connectivity index (χ1n) is 8.69. The summed E-state index contributed by atoms with van der Waals surface area (Å²) < 4.78 is 5.35. The third-order valence-electron chi connectivity index (χ3n) is 4.55. The number of hydrogen-bond acceptors (Lipinski definition) is 8. The summed E-state index contributed by atoms with van der Waals surface area (Å²) >= 11 is 1.42. The first-order chi connectivity index (χ1) is 13.1. The molecule has 0 spiro atoms. The zero-order chi connectivity index (χ0) is 18.8. The molecule has 0 bridgehead atoms. The molecule has 3 heterocycles. The van der Waals surface area contributed by atoms with Gasteiger partial charge >= 0.3 is 0 Å². The largest absolute Gasteiger partial charge is 0.386 e. The smallest absolute Gasteiger partial charge is 0.163 e. The molecule has 1 aliphatic rings. The summed E-state index contributed by atoms with van der Waals surface area (Å²) in [5.74, 6) is 0.853. The lowest BCUT2D eigenvalue weighted by Gasteiger charge is -2.28. The van der Waals surface area contributed by atoms with Gasteiger partial charge in [-0.15, -0.1) is 11.3 Å². The van der Waals surface area contributed by atoms with Crippen LogP contribution in [0, 0.1) is 11.3 Å². The maximum absolute atomic E-state index is 10.6. The van der Waals surface area contributed by atoms with E-state index in [1.165, 1.54) is 11.3 Å². The Labute approximate surface area is 160 Å². The maximum atomic E-state index is 10.6. The lowest BCUT2D eigenvalue weighted by molar-refractivity contribution is 0.0150. The van der Waals surface area contributed by atoms with E-state index in [-0.39, 0.29) is 0 Å². The number of morpholine rings is 1. The molecule has 4 rings (SSSR count). The molecule has 2 aromatic heterocycles. The van der Waals surface area contributed by atoms with Gasteiger partial charge in [0, 0.05) is 30.1 Å². The van der Waals surface area contributed by atoms with Gasteiger partial charge in [-0.2, -0.15) is 5.26 Å². The number of benzene rings is 1. The number of aliphatic hydroxyl groups is 1. The number of anilines is 1. The highest BCUT2D eigenvalue weighted by molar-refractivity contribution is 7.18. The average molecular weight is 381 g/mol. The van der Waals surface area contributed by atoms with E-state index in [9.17, 15) is 5.11 Å². The van der Waals surface area contributed by atoms with Gasteiger partial charge in [-0.1, -0.05) is 12.1 Å². The van der Waals surface area contributed by atoms with E-state index in [2.05, 4.69) is 20.9 Å². The molecular formula is C19H19N5O2S. The van der Waals surface area contributed by atoms with Crippen LogP contribution in [0.25, 0.3) is 21.6 Å². The van der Waals surface area contributed by atoms with Crippen LogP contribution in [0.1, 0.15) is 16.5 Å². The predicted molar refractivity (Wildman–Crippen MR) is 104 cm³/mol. The lowest BCUT2D eigenvalue weighted by atomic mass is 10.1. The summed E-state index contributed by atoms with van der Waals surface area (Å²) in [5, 5.41) is 20.5. The van der Waals surface area contributed by atoms with Crippen molar-refractivity contribution in [3.05, 3.63) is 40.8 Å². The Morgan fingerprint density at radius 3 is 2.89 bits per heavy atom. The zero-order valence-corrected chi connectivity index (χ0v) is 15.4. The highest BCUT2D eigenvalue weighted by Gasteiger charge is 2.20. The highest BCUT2D eigenvalue weighted by Crippen LogP contribution is 2.33. The highest BCUT2D eigenvalue weighted by atomic mass is 32.1. The molecule has 3 aromatic rings. The normalized spacial score (nSPS) is 16.3. The second-order valence-electron chi connectivity index (χ2n) is 6.42. The van der Waals surface area contributed by atoms with Crippen LogP contribution in [-0.2, 0) is 4.74 Å². The maximum Gasteiger partial charge on any atom is 0.163 e. The summed E-state index contributed by atoms with van der Waals surface area (Å²) in [4.78, 5) is 12.7. The number of hydrogen-bond donors (Lipinski definition) is 2. The van der Waals surface area contributed by atoms with Gasteiger partial charge in [-0.3, -0.25) is 4.90 Å². The topological polar surface area (TPSA) is 108 Å². The molecule has 1 fully saturated rings. The average Bonchev–Trinajstić information content (AvgIpc) is 3.14. The summed E-state index contributed by atoms with van der Waals surface area (Å²) in [6, 6.07) is 11.1. The van der Waals surface area contributed by atoms with E-state index in [1.54, 1.807) is 18.2 Å². The molecule has 1 saturated heterocycles. The SMILES string of the molecule is N#Cc1cccc(-c2nc(N)c3cc(C(O)CN4CCOCC4)sc3n2)c1. The third-order valence-corrected chi connectivity index (χ3v) is 5.68. The Morgan fingerprint density at radius 2 is 2.11 bits per heavy atom. The number of aromatic nitrogens is 2. The van der Waals surface area contributed by atoms with Crippen LogP contribution in [0.15, 0.2) is 30.3 Å². The van der Waals surface area contributed by atoms with Gasteiger partial charge in [-0.25, -0.2) is 9.97 Å². The van der Waals surface area contributed by atoms with Crippen molar-refractivity contribution in [3.63, 3.8) is 0 Å². The Morgan fingerprint density at radius 1 is 1.30 bits per heavy atom. The second-order valence-corrected chi connectivity index (χ2v) is 7.48. The zero-order valence-electron chi connectivity index (χ0n) is 14.6. The Kier molecular flexibility index (Phi) is 5.01. The Balaban J connectivity index is 1.63. The molecule has 138 valence electrons. The van der Waals surface area contributed by atoms with Crippen molar-refractivity contribution in [1.82, 2.24) is 14.9 Å². The van der Waals surface area contributed by atoms with E-state index >= 15 is 0 Å². The predicted octanol–water partition coefficient (Wildman–Crippen LogP) is 2.18. The fourth-order valence-electron chi connectivity index (χ4n) is 3.10. The molecule has 27 heavy (non-hydrogen) atoms. The molecule has 0 radical (unpaired) electrons. The van der Waals surface area contributed by atoms with Crippen molar-refractivity contribution < 1.29 is 9.84 Å². The third kappa shape index (κ3) is 3.77. The number of nitrogens with zero attached hydrogens (tertiary/aromatic N) is 4. The summed E-state index contributed by atoms with van der Waals surface area (Å²) in [6.07, 6.45) is -0.605. The summed E-state index contributed by atoms with van der Waals surface area (Å²) in [6.45, 7) is 3.60. The summed E-state index contributed by atoms with van der Waals surface area (Å²) in [7, 11) is 0. The number of ether oxygens (including phenoxy) is 1. The molecule has 0 amide bonds. The minimum absolute atomic E-state index is 0.374. The van der Waals surface area contributed by atoms with Crippen molar-refractivity contribution in [3.8, 4) is 17.5 Å². The Hall–Kier alpha value is -2.57. The quantitative estimate of drug-likeness (QED) is 0.713.